The number of hydrogen-bond donors (Lipinski definition) is 2. The quantitative estimate of drug-likeness (QED) is 0.813. The molecule has 0 saturated heterocycles. The van der Waals surface area contributed by atoms with E-state index in [4.69, 9.17) is 16.3 Å². The van der Waals surface area contributed by atoms with Gasteiger partial charge in [-0.1, -0.05) is 6.07 Å². The number of aromatic nitrogens is 2. The Balaban J connectivity index is 2.11. The van der Waals surface area contributed by atoms with Gasteiger partial charge >= 0.3 is 6.09 Å². The Morgan fingerprint density at radius 1 is 1.30 bits per heavy atom. The molecule has 23 heavy (non-hydrogen) atoms. The molecule has 0 radical (unpaired) electrons. The topological polar surface area (TPSA) is 76.1 Å². The van der Waals surface area contributed by atoms with Gasteiger partial charge in [-0.15, -0.1) is 0 Å². The van der Waals surface area contributed by atoms with Gasteiger partial charge in [-0.3, -0.25) is 5.32 Å². The molecule has 0 unspecified atom stereocenters. The lowest BCUT2D eigenvalue weighted by Crippen LogP contribution is -2.27. The second-order valence-electron chi connectivity index (χ2n) is 5.67. The van der Waals surface area contributed by atoms with E-state index < -0.39 is 17.5 Å². The van der Waals surface area contributed by atoms with E-state index >= 15 is 0 Å². The number of benzene rings is 1. The molecular formula is C15H16ClFN4O2. The molecule has 1 aromatic heterocycles. The molecule has 0 aliphatic heterocycles. The van der Waals surface area contributed by atoms with Crippen molar-refractivity contribution < 1.29 is 13.9 Å². The number of nitrogens with one attached hydrogen (secondary N) is 2. The van der Waals surface area contributed by atoms with Crippen LogP contribution in [0.2, 0.25) is 5.28 Å². The first-order valence-electron chi connectivity index (χ1n) is 6.78. The van der Waals surface area contributed by atoms with Crippen molar-refractivity contribution in [2.24, 2.45) is 0 Å². The maximum Gasteiger partial charge on any atom is 0.412 e. The molecule has 0 aliphatic rings. The molecule has 0 bridgehead atoms. The predicted octanol–water partition coefficient (Wildman–Crippen LogP) is 4.36. The van der Waals surface area contributed by atoms with Crippen LogP contribution >= 0.6 is 11.6 Å². The highest BCUT2D eigenvalue weighted by molar-refractivity contribution is 6.28. The summed E-state index contributed by atoms with van der Waals surface area (Å²) in [5, 5.41) is 5.30. The number of nitrogens with zero attached hydrogens (tertiary/aromatic N) is 2. The third-order valence-electron chi connectivity index (χ3n) is 2.49. The number of amides is 1. The minimum absolute atomic E-state index is 0.0561. The number of carbonyl (C=O) groups is 1. The Bertz CT molecular complexity index is 719. The van der Waals surface area contributed by atoms with Gasteiger partial charge in [-0.2, -0.15) is 4.98 Å². The fourth-order valence-corrected chi connectivity index (χ4v) is 1.80. The first-order chi connectivity index (χ1) is 10.7. The molecule has 0 saturated carbocycles. The molecule has 2 aromatic rings. The molecule has 122 valence electrons. The van der Waals surface area contributed by atoms with Gasteiger partial charge in [0.15, 0.2) is 11.6 Å². The van der Waals surface area contributed by atoms with Gasteiger partial charge in [0.05, 0.1) is 6.20 Å². The zero-order valence-corrected chi connectivity index (χ0v) is 13.6. The van der Waals surface area contributed by atoms with Gasteiger partial charge < -0.3 is 10.1 Å². The van der Waals surface area contributed by atoms with E-state index in [9.17, 15) is 9.18 Å². The van der Waals surface area contributed by atoms with Gasteiger partial charge in [0, 0.05) is 11.4 Å². The number of hydrogen-bond acceptors (Lipinski definition) is 5. The van der Waals surface area contributed by atoms with Crippen LogP contribution in [0.1, 0.15) is 20.8 Å². The van der Waals surface area contributed by atoms with Crippen molar-refractivity contribution in [2.45, 2.75) is 26.4 Å². The van der Waals surface area contributed by atoms with Crippen LogP contribution in [0.4, 0.5) is 26.4 Å². The molecule has 0 fully saturated rings. The Labute approximate surface area is 138 Å². The summed E-state index contributed by atoms with van der Waals surface area (Å²) in [4.78, 5) is 19.0. The van der Waals surface area contributed by atoms with E-state index in [2.05, 4.69) is 20.6 Å². The minimum atomic E-state index is -0.639. The van der Waals surface area contributed by atoms with E-state index in [-0.39, 0.29) is 11.1 Å². The van der Waals surface area contributed by atoms with Crippen molar-refractivity contribution in [3.8, 4) is 0 Å². The molecule has 0 atom stereocenters. The minimum Gasteiger partial charge on any atom is -0.444 e. The number of ether oxygens (including phenoxy) is 1. The first kappa shape index (κ1) is 17.0. The number of rotatable bonds is 3. The zero-order chi connectivity index (χ0) is 17.0. The van der Waals surface area contributed by atoms with Crippen LogP contribution in [-0.4, -0.2) is 21.7 Å². The highest BCUT2D eigenvalue weighted by Crippen LogP contribution is 2.22. The highest BCUT2D eigenvalue weighted by atomic mass is 35.5. The molecule has 1 aromatic carbocycles. The smallest absolute Gasteiger partial charge is 0.412 e. The Morgan fingerprint density at radius 3 is 2.70 bits per heavy atom. The summed E-state index contributed by atoms with van der Waals surface area (Å²) >= 11 is 5.64. The van der Waals surface area contributed by atoms with E-state index in [1.54, 1.807) is 45.0 Å². The van der Waals surface area contributed by atoms with Crippen LogP contribution in [0.5, 0.6) is 0 Å². The lowest BCUT2D eigenvalue weighted by Gasteiger charge is -2.19. The van der Waals surface area contributed by atoms with Gasteiger partial charge in [0.25, 0.3) is 0 Å². The van der Waals surface area contributed by atoms with Crippen LogP contribution in [0, 0.1) is 5.82 Å². The summed E-state index contributed by atoms with van der Waals surface area (Å²) in [6.45, 7) is 5.31. The van der Waals surface area contributed by atoms with Gasteiger partial charge in [-0.05, 0) is 50.6 Å². The normalized spacial score (nSPS) is 11.0. The molecule has 6 nitrogen and oxygen atoms in total. The summed E-state index contributed by atoms with van der Waals surface area (Å²) in [7, 11) is 0. The first-order valence-corrected chi connectivity index (χ1v) is 7.16. The molecule has 1 heterocycles. The van der Waals surface area contributed by atoms with Crippen LogP contribution in [0.25, 0.3) is 0 Å². The van der Waals surface area contributed by atoms with Crippen molar-refractivity contribution in [1.29, 1.82) is 0 Å². The molecule has 2 N–H and O–H groups in total. The summed E-state index contributed by atoms with van der Waals surface area (Å²) in [5.41, 5.74) is 0.415. The molecule has 8 heteroatoms. The maximum atomic E-state index is 13.6. The molecule has 0 spiro atoms. The van der Waals surface area contributed by atoms with Crippen LogP contribution in [-0.2, 0) is 4.74 Å². The third-order valence-corrected chi connectivity index (χ3v) is 2.67. The summed E-state index contributed by atoms with van der Waals surface area (Å²) in [5.74, 6) is -0.695. The number of carbonyl (C=O) groups excluding carboxylic acids is 1. The largest absolute Gasteiger partial charge is 0.444 e. The highest BCUT2D eigenvalue weighted by Gasteiger charge is 2.16. The van der Waals surface area contributed by atoms with Crippen molar-refractivity contribution >= 4 is 34.9 Å². The number of halogens is 2. The van der Waals surface area contributed by atoms with Crippen molar-refractivity contribution in [2.75, 3.05) is 10.6 Å². The molecule has 1 amide bonds. The lowest BCUT2D eigenvalue weighted by atomic mass is 10.2. The second-order valence-corrected chi connectivity index (χ2v) is 6.01. The third kappa shape index (κ3) is 5.37. The SMILES string of the molecule is CC(C)(C)OC(=O)Nc1cccc(Nc2nc(Cl)ncc2F)c1. The Morgan fingerprint density at radius 2 is 2.00 bits per heavy atom. The van der Waals surface area contributed by atoms with Gasteiger partial charge in [0.1, 0.15) is 5.60 Å². The average molecular weight is 339 g/mol. The molecule has 0 aliphatic carbocycles. The zero-order valence-electron chi connectivity index (χ0n) is 12.9. The standard InChI is InChI=1S/C15H16ClFN4O2/c1-15(2,3)23-14(22)20-10-6-4-5-9(7-10)19-12-11(17)8-18-13(16)21-12/h4-8H,1-3H3,(H,20,22)(H,18,19,21). The number of anilines is 3. The fraction of sp³-hybridized carbons (Fsp3) is 0.267. The average Bonchev–Trinajstić information content (AvgIpc) is 2.41. The fourth-order valence-electron chi connectivity index (χ4n) is 1.67. The van der Waals surface area contributed by atoms with Crippen LogP contribution in [0.3, 0.4) is 0 Å². The Hall–Kier alpha value is -2.41. The van der Waals surface area contributed by atoms with E-state index in [0.29, 0.717) is 11.4 Å². The summed E-state index contributed by atoms with van der Waals surface area (Å²) < 4.78 is 18.8. The monoisotopic (exact) mass is 338 g/mol. The van der Waals surface area contributed by atoms with Crippen LogP contribution in [0.15, 0.2) is 30.5 Å². The van der Waals surface area contributed by atoms with Crippen molar-refractivity contribution in [1.82, 2.24) is 9.97 Å². The lowest BCUT2D eigenvalue weighted by molar-refractivity contribution is 0.0636. The van der Waals surface area contributed by atoms with E-state index in [1.165, 1.54) is 0 Å². The second kappa shape index (κ2) is 6.78. The van der Waals surface area contributed by atoms with E-state index in [0.717, 1.165) is 6.20 Å². The van der Waals surface area contributed by atoms with E-state index in [1.807, 2.05) is 0 Å². The molecule has 2 rings (SSSR count). The van der Waals surface area contributed by atoms with Crippen LogP contribution < -0.4 is 10.6 Å². The summed E-state index contributed by atoms with van der Waals surface area (Å²) in [6.07, 6.45) is 0.395. The maximum absolute atomic E-state index is 13.6. The van der Waals surface area contributed by atoms with Gasteiger partial charge in [0.2, 0.25) is 5.28 Å². The predicted molar refractivity (Wildman–Crippen MR) is 86.6 cm³/mol. The molecular weight excluding hydrogens is 323 g/mol. The van der Waals surface area contributed by atoms with Crippen molar-refractivity contribution in [3.05, 3.63) is 41.6 Å². The Kier molecular flexibility index (Phi) is 5.00. The van der Waals surface area contributed by atoms with Crippen molar-refractivity contribution in [3.63, 3.8) is 0 Å². The summed E-state index contributed by atoms with van der Waals surface area (Å²) in [6, 6.07) is 6.67. The van der Waals surface area contributed by atoms with Gasteiger partial charge in [-0.25, -0.2) is 14.2 Å².